The van der Waals surface area contributed by atoms with E-state index in [1.807, 2.05) is 0 Å². The van der Waals surface area contributed by atoms with Crippen LogP contribution in [-0.4, -0.2) is 78.7 Å². The summed E-state index contributed by atoms with van der Waals surface area (Å²) in [7, 11) is -2.46. The molecule has 278 valence electrons. The van der Waals surface area contributed by atoms with Gasteiger partial charge in [-0.05, 0) is 55.0 Å². The number of likely N-dealkylation sites (tertiary alicyclic amines) is 1. The van der Waals surface area contributed by atoms with E-state index in [1.54, 1.807) is 43.9 Å². The van der Waals surface area contributed by atoms with Crippen molar-refractivity contribution in [1.82, 2.24) is 19.9 Å². The van der Waals surface area contributed by atoms with Crippen LogP contribution in [0, 0.1) is 23.0 Å². The average Bonchev–Trinajstić information content (AvgIpc) is 4.01. The van der Waals surface area contributed by atoms with Crippen molar-refractivity contribution >= 4 is 55.8 Å². The van der Waals surface area contributed by atoms with Crippen molar-refractivity contribution in [3.8, 4) is 11.6 Å². The predicted molar refractivity (Wildman–Crippen MR) is 190 cm³/mol. The highest BCUT2D eigenvalue weighted by atomic mass is 35.5. The molecule has 52 heavy (non-hydrogen) atoms. The fraction of sp³-hybridized carbons (Fsp3) is 0.444. The highest BCUT2D eigenvalue weighted by Crippen LogP contribution is 2.53. The van der Waals surface area contributed by atoms with Gasteiger partial charge < -0.3 is 14.8 Å². The van der Waals surface area contributed by atoms with E-state index in [1.165, 1.54) is 31.5 Å². The number of benzene rings is 2. The van der Waals surface area contributed by atoms with Gasteiger partial charge in [0.05, 0.1) is 30.3 Å². The lowest BCUT2D eigenvalue weighted by Crippen LogP contribution is -2.59. The predicted octanol–water partition coefficient (Wildman–Crippen LogP) is 4.72. The Kier molecular flexibility index (Phi) is 10.0. The number of aromatic nitrogens is 1. The SMILES string of the molecule is C=C[C@@H]1C[C@@]1(C(=O)NS(=O)(=O)C1CC1)N1C[C@H](Oc2ncc(OC)c3ccc(Cl)cc23)C[C@H]1C(=O)NC(=O)[C@H](Nc1cccc(F)c1F)C(C)(C)C. The van der Waals surface area contributed by atoms with Crippen LogP contribution in [0.15, 0.2) is 55.3 Å². The summed E-state index contributed by atoms with van der Waals surface area (Å²) in [6.45, 7) is 8.88. The second-order valence-electron chi connectivity index (χ2n) is 14.5. The molecule has 3 aromatic rings. The number of rotatable bonds is 12. The molecule has 0 radical (unpaired) electrons. The van der Waals surface area contributed by atoms with Gasteiger partial charge in [0.25, 0.3) is 5.91 Å². The molecule has 1 saturated heterocycles. The molecule has 1 aromatic heterocycles. The lowest BCUT2D eigenvalue weighted by molar-refractivity contribution is -0.136. The van der Waals surface area contributed by atoms with Gasteiger partial charge in [-0.25, -0.2) is 22.2 Å². The Labute approximate surface area is 305 Å². The van der Waals surface area contributed by atoms with E-state index < -0.39 is 79.7 Å². The minimum Gasteiger partial charge on any atom is -0.494 e. The van der Waals surface area contributed by atoms with Crippen LogP contribution in [-0.2, 0) is 24.4 Å². The minimum absolute atomic E-state index is 0.0290. The number of imide groups is 1. The standard InChI is InChI=1S/C36H40ClF2N5O7S/c1-6-19-16-36(19,34(47)43-52(48,49)22-11-12-22)44-18-21(51-33-24-14-20(37)10-13-23(24)28(50-5)17-40-33)15-27(44)31(45)42-32(46)30(35(2,3)4)41-26-9-7-8-25(38)29(26)39/h6-10,13-14,17,19,21-22,27,30,41H,1,11-12,15-16,18H2,2-5H3,(H,43,47)(H,42,45,46)/t19-,21-,27+,30+,36-/m1/s1. The Morgan fingerprint density at radius 2 is 1.88 bits per heavy atom. The van der Waals surface area contributed by atoms with Crippen molar-refractivity contribution < 1.29 is 41.1 Å². The highest BCUT2D eigenvalue weighted by molar-refractivity contribution is 7.91. The van der Waals surface area contributed by atoms with Gasteiger partial charge in [0, 0.05) is 34.7 Å². The second-order valence-corrected chi connectivity index (χ2v) is 16.9. The summed E-state index contributed by atoms with van der Waals surface area (Å²) in [5.41, 5.74) is -2.65. The Balaban J connectivity index is 1.32. The third-order valence-corrected chi connectivity index (χ3v) is 11.9. The van der Waals surface area contributed by atoms with Crippen LogP contribution in [0.25, 0.3) is 10.8 Å². The number of ether oxygens (including phenoxy) is 2. The molecule has 0 bridgehead atoms. The van der Waals surface area contributed by atoms with Crippen molar-refractivity contribution in [3.05, 3.63) is 71.9 Å². The van der Waals surface area contributed by atoms with Gasteiger partial charge >= 0.3 is 0 Å². The maximum Gasteiger partial charge on any atom is 0.254 e. The molecule has 2 heterocycles. The highest BCUT2D eigenvalue weighted by Gasteiger charge is 2.67. The first-order valence-electron chi connectivity index (χ1n) is 16.8. The topological polar surface area (TPSA) is 156 Å². The summed E-state index contributed by atoms with van der Waals surface area (Å²) in [6.07, 6.45) is 3.24. The molecule has 2 aliphatic carbocycles. The van der Waals surface area contributed by atoms with Gasteiger partial charge in [-0.2, -0.15) is 0 Å². The van der Waals surface area contributed by atoms with E-state index in [9.17, 15) is 31.6 Å². The smallest absolute Gasteiger partial charge is 0.254 e. The zero-order valence-electron chi connectivity index (χ0n) is 29.0. The van der Waals surface area contributed by atoms with Crippen LogP contribution < -0.4 is 24.8 Å². The number of hydrogen-bond donors (Lipinski definition) is 3. The van der Waals surface area contributed by atoms with E-state index in [4.69, 9.17) is 21.1 Å². The molecule has 3 fully saturated rings. The lowest BCUT2D eigenvalue weighted by Gasteiger charge is -2.34. The number of anilines is 1. The number of carbonyl (C=O) groups excluding carboxylic acids is 3. The number of halogens is 3. The third-order valence-electron chi connectivity index (χ3n) is 9.84. The molecular weight excluding hydrogens is 720 g/mol. The van der Waals surface area contributed by atoms with E-state index in [-0.39, 0.29) is 31.0 Å². The van der Waals surface area contributed by atoms with Crippen LogP contribution in [0.2, 0.25) is 5.02 Å². The molecule has 2 saturated carbocycles. The van der Waals surface area contributed by atoms with E-state index in [0.717, 1.165) is 6.07 Å². The molecule has 0 spiro atoms. The van der Waals surface area contributed by atoms with Crippen LogP contribution in [0.4, 0.5) is 14.5 Å². The van der Waals surface area contributed by atoms with Crippen molar-refractivity contribution in [2.24, 2.45) is 11.3 Å². The van der Waals surface area contributed by atoms with Crippen LogP contribution in [0.5, 0.6) is 11.6 Å². The van der Waals surface area contributed by atoms with Crippen molar-refractivity contribution in [3.63, 3.8) is 0 Å². The first-order chi connectivity index (χ1) is 24.5. The summed E-state index contributed by atoms with van der Waals surface area (Å²) < 4.78 is 68.6. The molecule has 12 nitrogen and oxygen atoms in total. The molecule has 3 N–H and O–H groups in total. The number of nitrogens with one attached hydrogen (secondary N) is 3. The Bertz CT molecular complexity index is 2060. The molecule has 6 rings (SSSR count). The minimum atomic E-state index is -3.95. The maximum absolute atomic E-state index is 14.6. The van der Waals surface area contributed by atoms with Gasteiger partial charge in [0.1, 0.15) is 23.4 Å². The van der Waals surface area contributed by atoms with Gasteiger partial charge in [-0.3, -0.25) is 29.3 Å². The normalized spacial score (nSPS) is 23.8. The van der Waals surface area contributed by atoms with Crippen molar-refractivity contribution in [2.75, 3.05) is 19.0 Å². The summed E-state index contributed by atoms with van der Waals surface area (Å²) in [6, 6.07) is 6.22. The molecular formula is C36H40ClF2N5O7S. The zero-order chi connectivity index (χ0) is 37.7. The number of methoxy groups -OCH3 is 1. The number of sulfonamides is 1. The maximum atomic E-state index is 14.6. The molecule has 16 heteroatoms. The van der Waals surface area contributed by atoms with Crippen molar-refractivity contribution in [1.29, 1.82) is 0 Å². The average molecular weight is 760 g/mol. The quantitative estimate of drug-likeness (QED) is 0.221. The van der Waals surface area contributed by atoms with Gasteiger partial charge in [0.15, 0.2) is 11.6 Å². The number of pyridine rings is 1. The third kappa shape index (κ3) is 7.18. The number of carbonyl (C=O) groups is 3. The largest absolute Gasteiger partial charge is 0.494 e. The van der Waals surface area contributed by atoms with Gasteiger partial charge in [-0.15, -0.1) is 6.58 Å². The first-order valence-corrected chi connectivity index (χ1v) is 18.7. The van der Waals surface area contributed by atoms with Crippen LogP contribution in [0.1, 0.15) is 46.5 Å². The fourth-order valence-electron chi connectivity index (χ4n) is 6.83. The molecule has 1 aliphatic heterocycles. The van der Waals surface area contributed by atoms with Gasteiger partial charge in [-0.1, -0.05) is 44.5 Å². The van der Waals surface area contributed by atoms with Crippen molar-refractivity contribution in [2.45, 2.75) is 75.4 Å². The Morgan fingerprint density at radius 3 is 2.52 bits per heavy atom. The zero-order valence-corrected chi connectivity index (χ0v) is 30.6. The first kappa shape index (κ1) is 37.4. The summed E-state index contributed by atoms with van der Waals surface area (Å²) in [4.78, 5) is 47.9. The van der Waals surface area contributed by atoms with E-state index in [0.29, 0.717) is 34.4 Å². The summed E-state index contributed by atoms with van der Waals surface area (Å²) >= 11 is 6.31. The number of fused-ring (bicyclic) bond motifs is 1. The monoisotopic (exact) mass is 759 g/mol. The number of nitrogens with zero attached hydrogens (tertiary/aromatic N) is 2. The van der Waals surface area contributed by atoms with Gasteiger partial charge in [0.2, 0.25) is 27.7 Å². The number of amides is 3. The second kappa shape index (κ2) is 13.9. The van der Waals surface area contributed by atoms with Crippen LogP contribution >= 0.6 is 11.6 Å². The molecule has 5 atom stereocenters. The summed E-state index contributed by atoms with van der Waals surface area (Å²) in [5.74, 6) is -4.59. The Morgan fingerprint density at radius 1 is 1.15 bits per heavy atom. The van der Waals surface area contributed by atoms with E-state index in [2.05, 4.69) is 26.9 Å². The number of hydrogen-bond acceptors (Lipinski definition) is 10. The van der Waals surface area contributed by atoms with Crippen LogP contribution in [0.3, 0.4) is 0 Å². The fourth-order valence-corrected chi connectivity index (χ4v) is 8.36. The Hall–Kier alpha value is -4.34. The molecule has 0 unspecified atom stereocenters. The summed E-state index contributed by atoms with van der Waals surface area (Å²) in [5, 5.41) is 6.09. The molecule has 3 aliphatic rings. The molecule has 3 amide bonds. The van der Waals surface area contributed by atoms with E-state index >= 15 is 0 Å². The molecule has 2 aromatic carbocycles. The lowest BCUT2D eigenvalue weighted by atomic mass is 9.85.